The summed E-state index contributed by atoms with van der Waals surface area (Å²) in [7, 11) is 0. The van der Waals surface area contributed by atoms with Crippen LogP contribution in [0, 0.1) is 0 Å². The number of benzene rings is 1. The third kappa shape index (κ3) is 5.51. The predicted octanol–water partition coefficient (Wildman–Crippen LogP) is 3.39. The zero-order valence-corrected chi connectivity index (χ0v) is 15.9. The lowest BCUT2D eigenvalue weighted by molar-refractivity contribution is -0.146. The van der Waals surface area contributed by atoms with Gasteiger partial charge < -0.3 is 14.8 Å². The van der Waals surface area contributed by atoms with Crippen molar-refractivity contribution in [2.45, 2.75) is 40.0 Å². The monoisotopic (exact) mass is 371 g/mol. The van der Waals surface area contributed by atoms with E-state index in [9.17, 15) is 9.59 Å². The molecule has 0 saturated carbocycles. The number of hydrogen-bond acceptors (Lipinski definition) is 7. The summed E-state index contributed by atoms with van der Waals surface area (Å²) in [5.41, 5.74) is 1.74. The summed E-state index contributed by atoms with van der Waals surface area (Å²) in [6.45, 7) is 5.81. The minimum atomic E-state index is -0.745. The van der Waals surface area contributed by atoms with E-state index in [-0.39, 0.29) is 18.8 Å². The average Bonchev–Trinajstić information content (AvgIpc) is 2.67. The molecule has 0 amide bonds. The van der Waals surface area contributed by atoms with E-state index in [1.165, 1.54) is 18.1 Å². The molecule has 2 rings (SSSR count). The van der Waals surface area contributed by atoms with E-state index >= 15 is 0 Å². The lowest BCUT2D eigenvalue weighted by atomic mass is 10.1. The van der Waals surface area contributed by atoms with Crippen molar-refractivity contribution in [1.82, 2.24) is 9.97 Å². The summed E-state index contributed by atoms with van der Waals surface area (Å²) in [5, 5.41) is 3.75. The first kappa shape index (κ1) is 20.4. The van der Waals surface area contributed by atoms with Gasteiger partial charge in [-0.15, -0.1) is 0 Å². The van der Waals surface area contributed by atoms with Crippen molar-refractivity contribution in [2.24, 2.45) is 0 Å². The zero-order chi connectivity index (χ0) is 19.6. The van der Waals surface area contributed by atoms with Crippen molar-refractivity contribution in [3.63, 3.8) is 0 Å². The normalized spacial score (nSPS) is 10.3. The minimum Gasteiger partial charge on any atom is -0.462 e. The summed E-state index contributed by atoms with van der Waals surface area (Å²) in [6, 6.07) is 6.01. The van der Waals surface area contributed by atoms with E-state index in [0.717, 1.165) is 30.2 Å². The molecule has 0 aliphatic rings. The van der Waals surface area contributed by atoms with Crippen LogP contribution in [0.2, 0.25) is 0 Å². The first-order valence-electron chi connectivity index (χ1n) is 9.15. The Hall–Kier alpha value is -2.96. The van der Waals surface area contributed by atoms with Crippen LogP contribution in [0.1, 0.15) is 39.2 Å². The van der Waals surface area contributed by atoms with Crippen LogP contribution in [0.25, 0.3) is 10.9 Å². The number of anilines is 1. The summed E-state index contributed by atoms with van der Waals surface area (Å²) in [4.78, 5) is 32.6. The second kappa shape index (κ2) is 10.3. The number of esters is 2. The van der Waals surface area contributed by atoms with E-state index in [0.29, 0.717) is 5.82 Å². The second-order valence-corrected chi connectivity index (χ2v) is 5.82. The smallest absolute Gasteiger partial charge is 0.347 e. The van der Waals surface area contributed by atoms with Gasteiger partial charge in [0.25, 0.3) is 0 Å². The molecule has 1 heterocycles. The fraction of sp³-hybridized carbons (Fsp3) is 0.400. The van der Waals surface area contributed by atoms with E-state index in [2.05, 4.69) is 22.2 Å². The molecule has 0 bridgehead atoms. The first-order chi connectivity index (χ1) is 13.1. The molecule has 7 nitrogen and oxygen atoms in total. The molecule has 0 spiro atoms. The molecular weight excluding hydrogens is 346 g/mol. The molecule has 0 saturated heterocycles. The molecule has 0 fully saturated rings. The van der Waals surface area contributed by atoms with Crippen LogP contribution in [-0.2, 0) is 25.5 Å². The molecule has 144 valence electrons. The number of nitrogens with one attached hydrogen (secondary N) is 1. The van der Waals surface area contributed by atoms with Gasteiger partial charge in [-0.2, -0.15) is 0 Å². The summed E-state index contributed by atoms with van der Waals surface area (Å²) < 4.78 is 9.86. The van der Waals surface area contributed by atoms with Crippen LogP contribution in [0.15, 0.2) is 36.3 Å². The van der Waals surface area contributed by atoms with Gasteiger partial charge in [-0.25, -0.2) is 19.6 Å². The molecule has 0 atom stereocenters. The predicted molar refractivity (Wildman–Crippen MR) is 103 cm³/mol. The Morgan fingerprint density at radius 3 is 2.41 bits per heavy atom. The molecule has 0 radical (unpaired) electrons. The van der Waals surface area contributed by atoms with Crippen molar-refractivity contribution >= 4 is 28.7 Å². The van der Waals surface area contributed by atoms with E-state index in [1.807, 2.05) is 18.2 Å². The summed E-state index contributed by atoms with van der Waals surface area (Å²) in [6.07, 6.45) is 5.87. The Morgan fingerprint density at radius 2 is 1.78 bits per heavy atom. The number of unbranched alkanes of at least 4 members (excludes halogenated alkanes) is 1. The van der Waals surface area contributed by atoms with Gasteiger partial charge in [-0.05, 0) is 44.4 Å². The maximum Gasteiger partial charge on any atom is 0.347 e. The SMILES string of the molecule is CCCCc1ccc2ncnc(NC=C(C(=O)OCC)C(=O)OCC)c2c1. The van der Waals surface area contributed by atoms with Crippen LogP contribution in [0.5, 0.6) is 0 Å². The lowest BCUT2D eigenvalue weighted by Gasteiger charge is -2.09. The van der Waals surface area contributed by atoms with Gasteiger partial charge in [-0.1, -0.05) is 19.4 Å². The molecule has 0 aliphatic heterocycles. The summed E-state index contributed by atoms with van der Waals surface area (Å²) >= 11 is 0. The quantitative estimate of drug-likeness (QED) is 0.313. The number of aromatic nitrogens is 2. The van der Waals surface area contributed by atoms with Gasteiger partial charge in [0.05, 0.1) is 18.7 Å². The number of nitrogens with zero attached hydrogens (tertiary/aromatic N) is 2. The molecule has 1 aromatic heterocycles. The Balaban J connectivity index is 2.34. The van der Waals surface area contributed by atoms with Crippen molar-refractivity contribution in [2.75, 3.05) is 18.5 Å². The number of fused-ring (bicyclic) bond motifs is 1. The minimum absolute atomic E-state index is 0.160. The highest BCUT2D eigenvalue weighted by atomic mass is 16.6. The average molecular weight is 371 g/mol. The van der Waals surface area contributed by atoms with Gasteiger partial charge in [0.15, 0.2) is 5.57 Å². The van der Waals surface area contributed by atoms with Gasteiger partial charge >= 0.3 is 11.9 Å². The fourth-order valence-corrected chi connectivity index (χ4v) is 2.51. The molecular formula is C20H25N3O4. The topological polar surface area (TPSA) is 90.4 Å². The molecule has 0 aliphatic carbocycles. The number of carbonyl (C=O) groups is 2. The van der Waals surface area contributed by atoms with Gasteiger partial charge in [0.2, 0.25) is 0 Å². The van der Waals surface area contributed by atoms with Crippen molar-refractivity contribution < 1.29 is 19.1 Å². The van der Waals surface area contributed by atoms with Crippen LogP contribution < -0.4 is 5.32 Å². The van der Waals surface area contributed by atoms with Gasteiger partial charge in [-0.3, -0.25) is 0 Å². The standard InChI is InChI=1S/C20H25N3O4/c1-4-7-8-14-9-10-17-15(11-14)18(23-13-22-17)21-12-16(19(24)26-5-2)20(25)27-6-3/h9-13H,4-8H2,1-3H3,(H,21,22,23). The molecule has 7 heteroatoms. The van der Waals surface area contributed by atoms with Crippen LogP contribution in [0.4, 0.5) is 5.82 Å². The molecule has 2 aromatic rings. The maximum atomic E-state index is 12.1. The number of rotatable bonds is 9. The largest absolute Gasteiger partial charge is 0.462 e. The van der Waals surface area contributed by atoms with E-state index in [1.54, 1.807) is 13.8 Å². The second-order valence-electron chi connectivity index (χ2n) is 5.82. The molecule has 27 heavy (non-hydrogen) atoms. The van der Waals surface area contributed by atoms with Crippen molar-refractivity contribution in [1.29, 1.82) is 0 Å². The highest BCUT2D eigenvalue weighted by molar-refractivity contribution is 6.14. The fourth-order valence-electron chi connectivity index (χ4n) is 2.51. The van der Waals surface area contributed by atoms with E-state index < -0.39 is 11.9 Å². The maximum absolute atomic E-state index is 12.1. The number of aryl methyl sites for hydroxylation is 1. The van der Waals surface area contributed by atoms with Crippen molar-refractivity contribution in [3.8, 4) is 0 Å². The highest BCUT2D eigenvalue weighted by Gasteiger charge is 2.21. The van der Waals surface area contributed by atoms with E-state index in [4.69, 9.17) is 9.47 Å². The number of carbonyl (C=O) groups excluding carboxylic acids is 2. The van der Waals surface area contributed by atoms with Crippen LogP contribution in [-0.4, -0.2) is 35.1 Å². The molecule has 1 aromatic carbocycles. The summed E-state index contributed by atoms with van der Waals surface area (Å²) in [5.74, 6) is -0.986. The van der Waals surface area contributed by atoms with Gasteiger partial charge in [0, 0.05) is 11.6 Å². The third-order valence-electron chi connectivity index (χ3n) is 3.86. The Bertz CT molecular complexity index is 813. The Labute approximate surface area is 158 Å². The highest BCUT2D eigenvalue weighted by Crippen LogP contribution is 2.22. The Kier molecular flexibility index (Phi) is 7.73. The number of hydrogen-bond donors (Lipinski definition) is 1. The Morgan fingerprint density at radius 1 is 1.07 bits per heavy atom. The van der Waals surface area contributed by atoms with Crippen LogP contribution >= 0.6 is 0 Å². The first-order valence-corrected chi connectivity index (χ1v) is 9.15. The van der Waals surface area contributed by atoms with Crippen molar-refractivity contribution in [3.05, 3.63) is 41.9 Å². The number of ether oxygens (including phenoxy) is 2. The van der Waals surface area contributed by atoms with Gasteiger partial charge in [0.1, 0.15) is 12.1 Å². The molecule has 1 N–H and O–H groups in total. The zero-order valence-electron chi connectivity index (χ0n) is 15.9. The third-order valence-corrected chi connectivity index (χ3v) is 3.86. The van der Waals surface area contributed by atoms with Crippen LogP contribution in [0.3, 0.4) is 0 Å². The lowest BCUT2D eigenvalue weighted by Crippen LogP contribution is -2.19. The molecule has 0 unspecified atom stereocenters.